The standard InChI is InChI=1S/C52H101NO13/c1-3-5-7-9-11-13-14-15-16-17-18-19-20-21-22-23-24-25-26-28-30-32-34-36-44(57)53-40(41(56)35-33-31-29-27-12-10-8-6-4-2)39-63-51-49(62)47(60)50(43(38-55)65-51)66-52-48(61)46(59)45(58)42(37-54)64-52/h40-43,45-52,54-56,58-62H,3-39H2,1-2H3,(H,53,57)/t40-,41+,42+,43+,45-,46?,47?,48?,49?,50+,51+,52-/m0/s1. The number of nitrogens with one attached hydrogen (secondary N) is 1. The number of hydrogen-bond acceptors (Lipinski definition) is 13. The molecule has 0 radical (unpaired) electrons. The summed E-state index contributed by atoms with van der Waals surface area (Å²) in [6, 6.07) is -0.820. The Hall–Kier alpha value is -1.01. The third-order valence-corrected chi connectivity index (χ3v) is 13.8. The van der Waals surface area contributed by atoms with Crippen LogP contribution in [0, 0.1) is 0 Å². The van der Waals surface area contributed by atoms with E-state index in [9.17, 15) is 45.6 Å². The fourth-order valence-electron chi connectivity index (χ4n) is 9.36. The molecule has 66 heavy (non-hydrogen) atoms. The average Bonchev–Trinajstić information content (AvgIpc) is 3.31. The molecule has 12 atom stereocenters. The molecule has 0 aromatic rings. The number of aliphatic hydroxyl groups excluding tert-OH is 8. The molecular weight excluding hydrogens is 847 g/mol. The third-order valence-electron chi connectivity index (χ3n) is 13.8. The first-order chi connectivity index (χ1) is 32.1. The lowest BCUT2D eigenvalue weighted by Gasteiger charge is -2.46. The van der Waals surface area contributed by atoms with Crippen molar-refractivity contribution in [2.75, 3.05) is 19.8 Å². The van der Waals surface area contributed by atoms with Gasteiger partial charge in [0.05, 0.1) is 32.0 Å². The van der Waals surface area contributed by atoms with Crippen molar-refractivity contribution in [2.45, 2.75) is 306 Å². The highest BCUT2D eigenvalue weighted by atomic mass is 16.7. The number of aliphatic hydroxyl groups is 8. The third kappa shape index (κ3) is 26.3. The van der Waals surface area contributed by atoms with Crippen LogP contribution >= 0.6 is 0 Å². The fourth-order valence-corrected chi connectivity index (χ4v) is 9.36. The smallest absolute Gasteiger partial charge is 0.220 e. The van der Waals surface area contributed by atoms with Crippen LogP contribution in [0.15, 0.2) is 0 Å². The van der Waals surface area contributed by atoms with E-state index in [2.05, 4.69) is 19.2 Å². The van der Waals surface area contributed by atoms with Gasteiger partial charge in [-0.2, -0.15) is 0 Å². The van der Waals surface area contributed by atoms with Crippen LogP contribution in [-0.4, -0.2) is 140 Å². The number of carbonyl (C=O) groups is 1. The van der Waals surface area contributed by atoms with Gasteiger partial charge in [0.1, 0.15) is 48.8 Å². The van der Waals surface area contributed by atoms with E-state index >= 15 is 0 Å². The van der Waals surface area contributed by atoms with Gasteiger partial charge in [-0.1, -0.05) is 213 Å². The maximum absolute atomic E-state index is 13.2. The van der Waals surface area contributed by atoms with Crippen LogP contribution in [0.3, 0.4) is 0 Å². The molecule has 9 N–H and O–H groups in total. The summed E-state index contributed by atoms with van der Waals surface area (Å²) >= 11 is 0. The fraction of sp³-hybridized carbons (Fsp3) is 0.981. The van der Waals surface area contributed by atoms with Gasteiger partial charge in [-0.25, -0.2) is 0 Å². The Morgan fingerprint density at radius 2 is 0.864 bits per heavy atom. The van der Waals surface area contributed by atoms with Crippen molar-refractivity contribution in [1.29, 1.82) is 0 Å². The van der Waals surface area contributed by atoms with Gasteiger partial charge in [0.2, 0.25) is 5.91 Å². The van der Waals surface area contributed by atoms with Crippen LogP contribution in [0.4, 0.5) is 0 Å². The molecule has 2 saturated heterocycles. The number of carbonyl (C=O) groups excluding carboxylic acids is 1. The lowest BCUT2D eigenvalue weighted by atomic mass is 9.97. The SMILES string of the molecule is CCCCCCCCCCCCCCCCCCCCCCCCCC(=O)N[C@@H](CO[C@@H]1O[C@H](CO)[C@@H](O[C@@H]2O[C@H](CO)[C@H](O)C(O)C2O)C(O)C1O)[C@H](O)CCCCCCCCCCC. The summed E-state index contributed by atoms with van der Waals surface area (Å²) in [5.41, 5.74) is 0. The van der Waals surface area contributed by atoms with Gasteiger partial charge in [0, 0.05) is 6.42 Å². The molecule has 14 nitrogen and oxygen atoms in total. The van der Waals surface area contributed by atoms with Crippen molar-refractivity contribution in [3.8, 4) is 0 Å². The molecule has 0 spiro atoms. The van der Waals surface area contributed by atoms with Gasteiger partial charge >= 0.3 is 0 Å². The van der Waals surface area contributed by atoms with Crippen LogP contribution in [0.25, 0.3) is 0 Å². The normalized spacial score (nSPS) is 26.7. The molecule has 0 saturated carbocycles. The molecule has 2 rings (SSSR count). The van der Waals surface area contributed by atoms with Gasteiger partial charge in [0.25, 0.3) is 0 Å². The molecule has 2 heterocycles. The highest BCUT2D eigenvalue weighted by molar-refractivity contribution is 5.76. The second-order valence-electron chi connectivity index (χ2n) is 19.7. The largest absolute Gasteiger partial charge is 0.394 e. The Bertz CT molecular complexity index is 1120. The summed E-state index contributed by atoms with van der Waals surface area (Å²) in [6.07, 6.45) is 24.1. The Morgan fingerprint density at radius 1 is 0.485 bits per heavy atom. The van der Waals surface area contributed by atoms with E-state index in [1.807, 2.05) is 0 Å². The van der Waals surface area contributed by atoms with E-state index in [0.717, 1.165) is 51.4 Å². The minimum absolute atomic E-state index is 0.204. The summed E-state index contributed by atoms with van der Waals surface area (Å²) in [7, 11) is 0. The van der Waals surface area contributed by atoms with Crippen LogP contribution < -0.4 is 5.32 Å². The first-order valence-corrected chi connectivity index (χ1v) is 27.3. The van der Waals surface area contributed by atoms with E-state index < -0.39 is 86.8 Å². The number of hydrogen-bond donors (Lipinski definition) is 9. The van der Waals surface area contributed by atoms with E-state index in [1.54, 1.807) is 0 Å². The highest BCUT2D eigenvalue weighted by Crippen LogP contribution is 2.30. The van der Waals surface area contributed by atoms with Crippen molar-refractivity contribution >= 4 is 5.91 Å². The summed E-state index contributed by atoms with van der Waals surface area (Å²) in [5, 5.41) is 86.8. The average molecular weight is 948 g/mol. The number of unbranched alkanes of at least 4 members (excludes halogenated alkanes) is 30. The second-order valence-corrected chi connectivity index (χ2v) is 19.7. The molecule has 1 amide bonds. The van der Waals surface area contributed by atoms with Gasteiger partial charge < -0.3 is 65.1 Å². The Labute approximate surface area is 400 Å². The number of ether oxygens (including phenoxy) is 4. The Kier molecular flexibility index (Phi) is 36.7. The predicted octanol–water partition coefficient (Wildman–Crippen LogP) is 7.78. The van der Waals surface area contributed by atoms with E-state index in [-0.39, 0.29) is 12.5 Å². The summed E-state index contributed by atoms with van der Waals surface area (Å²) < 4.78 is 22.7. The highest BCUT2D eigenvalue weighted by Gasteiger charge is 2.51. The number of rotatable bonds is 43. The van der Waals surface area contributed by atoms with Crippen LogP contribution in [-0.2, 0) is 23.7 Å². The Balaban J connectivity index is 1.71. The lowest BCUT2D eigenvalue weighted by molar-refractivity contribution is -0.359. The summed E-state index contributed by atoms with van der Waals surface area (Å²) in [6.45, 7) is 2.84. The van der Waals surface area contributed by atoms with Crippen molar-refractivity contribution < 1.29 is 64.6 Å². The van der Waals surface area contributed by atoms with Gasteiger partial charge in [-0.05, 0) is 12.8 Å². The van der Waals surface area contributed by atoms with E-state index in [1.165, 1.54) is 154 Å². The maximum atomic E-state index is 13.2. The van der Waals surface area contributed by atoms with Crippen molar-refractivity contribution in [1.82, 2.24) is 5.32 Å². The minimum atomic E-state index is -1.78. The molecule has 2 aliphatic rings. The monoisotopic (exact) mass is 948 g/mol. The van der Waals surface area contributed by atoms with Crippen molar-refractivity contribution in [3.05, 3.63) is 0 Å². The van der Waals surface area contributed by atoms with Gasteiger partial charge in [-0.15, -0.1) is 0 Å². The van der Waals surface area contributed by atoms with E-state index in [4.69, 9.17) is 18.9 Å². The summed E-state index contributed by atoms with van der Waals surface area (Å²) in [4.78, 5) is 13.2. The van der Waals surface area contributed by atoms with Crippen LogP contribution in [0.1, 0.15) is 232 Å². The Morgan fingerprint density at radius 3 is 1.29 bits per heavy atom. The maximum Gasteiger partial charge on any atom is 0.220 e. The molecule has 392 valence electrons. The molecule has 14 heteroatoms. The molecule has 0 aromatic heterocycles. The van der Waals surface area contributed by atoms with Crippen LogP contribution in [0.5, 0.6) is 0 Å². The minimum Gasteiger partial charge on any atom is -0.394 e. The van der Waals surface area contributed by atoms with Gasteiger partial charge in [-0.3, -0.25) is 4.79 Å². The topological polar surface area (TPSA) is 228 Å². The zero-order valence-corrected chi connectivity index (χ0v) is 41.7. The molecule has 0 bridgehead atoms. The molecule has 2 fully saturated rings. The van der Waals surface area contributed by atoms with Crippen molar-refractivity contribution in [2.24, 2.45) is 0 Å². The zero-order valence-electron chi connectivity index (χ0n) is 41.7. The second kappa shape index (κ2) is 39.7. The molecule has 0 aliphatic carbocycles. The molecule has 0 aromatic carbocycles. The lowest BCUT2D eigenvalue weighted by Crippen LogP contribution is -2.65. The molecular formula is C52H101NO13. The van der Waals surface area contributed by atoms with E-state index in [0.29, 0.717) is 12.8 Å². The number of amides is 1. The van der Waals surface area contributed by atoms with Crippen LogP contribution in [0.2, 0.25) is 0 Å². The zero-order chi connectivity index (χ0) is 48.2. The first-order valence-electron chi connectivity index (χ1n) is 27.3. The van der Waals surface area contributed by atoms with Crippen molar-refractivity contribution in [3.63, 3.8) is 0 Å². The molecule has 2 aliphatic heterocycles. The summed E-state index contributed by atoms with van der Waals surface area (Å²) in [5.74, 6) is -0.204. The first kappa shape index (κ1) is 61.1. The van der Waals surface area contributed by atoms with Gasteiger partial charge in [0.15, 0.2) is 12.6 Å². The molecule has 4 unspecified atom stereocenters. The quantitative estimate of drug-likeness (QED) is 0.0267. The predicted molar refractivity (Wildman–Crippen MR) is 259 cm³/mol.